The number of carbonyl (C=O) groups excluding carboxylic acids is 1. The van der Waals surface area contributed by atoms with Crippen LogP contribution in [0.25, 0.3) is 0 Å². The summed E-state index contributed by atoms with van der Waals surface area (Å²) in [5, 5.41) is 17.5. The molecule has 1 aliphatic rings. The molecule has 0 saturated heterocycles. The lowest BCUT2D eigenvalue weighted by molar-refractivity contribution is -0.0300. The number of carbonyl (C=O) groups is 1. The minimum Gasteiger partial charge on any atom is -0.488 e. The number of aliphatic hydroxyl groups is 1. The standard InChI is InChI=1S/C18H23N3O3/c1-21-12-14(11-20-21)18(23)19-10-13-6-5-9-16(17(13)22)24-15-7-3-2-4-8-15/h2-4,7-8,11-13,16-17,22H,5-6,9-10H2,1H3,(H,19,23)/t13-,16-,17-/m1/s1. The lowest BCUT2D eigenvalue weighted by atomic mass is 9.84. The highest BCUT2D eigenvalue weighted by Crippen LogP contribution is 2.28. The van der Waals surface area contributed by atoms with Gasteiger partial charge in [0.05, 0.1) is 17.9 Å². The van der Waals surface area contributed by atoms with Gasteiger partial charge in [0.1, 0.15) is 11.9 Å². The minimum atomic E-state index is -0.590. The number of para-hydroxylation sites is 1. The number of aliphatic hydroxyl groups excluding tert-OH is 1. The van der Waals surface area contributed by atoms with Crippen molar-refractivity contribution in [3.63, 3.8) is 0 Å². The topological polar surface area (TPSA) is 76.4 Å². The normalized spacial score (nSPS) is 23.7. The molecular formula is C18H23N3O3. The van der Waals surface area contributed by atoms with Crippen molar-refractivity contribution >= 4 is 5.91 Å². The summed E-state index contributed by atoms with van der Waals surface area (Å²) in [5.74, 6) is 0.594. The Bertz CT molecular complexity index is 671. The van der Waals surface area contributed by atoms with Crippen molar-refractivity contribution in [3.8, 4) is 5.75 Å². The predicted octanol–water partition coefficient (Wildman–Crippen LogP) is 1.76. The van der Waals surface area contributed by atoms with Crippen LogP contribution in [0.2, 0.25) is 0 Å². The number of hydrogen-bond acceptors (Lipinski definition) is 4. The Kier molecular flexibility index (Phi) is 5.15. The van der Waals surface area contributed by atoms with E-state index >= 15 is 0 Å². The Labute approximate surface area is 141 Å². The summed E-state index contributed by atoms with van der Waals surface area (Å²) in [7, 11) is 1.77. The molecule has 128 valence electrons. The maximum Gasteiger partial charge on any atom is 0.254 e. The summed E-state index contributed by atoms with van der Waals surface area (Å²) in [4.78, 5) is 12.1. The first-order chi connectivity index (χ1) is 11.6. The van der Waals surface area contributed by atoms with E-state index in [1.54, 1.807) is 17.9 Å². The molecule has 6 heteroatoms. The van der Waals surface area contributed by atoms with Crippen LogP contribution in [0, 0.1) is 5.92 Å². The maximum atomic E-state index is 12.1. The molecule has 6 nitrogen and oxygen atoms in total. The molecular weight excluding hydrogens is 306 g/mol. The van der Waals surface area contributed by atoms with Gasteiger partial charge < -0.3 is 15.2 Å². The summed E-state index contributed by atoms with van der Waals surface area (Å²) in [6.07, 6.45) is 5.06. The molecule has 1 heterocycles. The van der Waals surface area contributed by atoms with Crippen LogP contribution in [0.5, 0.6) is 5.75 Å². The fourth-order valence-corrected chi connectivity index (χ4v) is 3.12. The van der Waals surface area contributed by atoms with Crippen LogP contribution in [0.3, 0.4) is 0 Å². The minimum absolute atomic E-state index is 0.00640. The van der Waals surface area contributed by atoms with Gasteiger partial charge >= 0.3 is 0 Å². The highest BCUT2D eigenvalue weighted by atomic mass is 16.5. The molecule has 0 bridgehead atoms. The van der Waals surface area contributed by atoms with Gasteiger partial charge in [-0.05, 0) is 31.4 Å². The van der Waals surface area contributed by atoms with Crippen LogP contribution in [0.4, 0.5) is 0 Å². The maximum absolute atomic E-state index is 12.1. The van der Waals surface area contributed by atoms with Crippen molar-refractivity contribution in [1.82, 2.24) is 15.1 Å². The van der Waals surface area contributed by atoms with Gasteiger partial charge in [0.25, 0.3) is 5.91 Å². The molecule has 0 spiro atoms. The average molecular weight is 329 g/mol. The number of hydrogen-bond donors (Lipinski definition) is 2. The van der Waals surface area contributed by atoms with E-state index < -0.39 is 6.10 Å². The van der Waals surface area contributed by atoms with E-state index in [0.717, 1.165) is 25.0 Å². The fraction of sp³-hybridized carbons (Fsp3) is 0.444. The summed E-state index contributed by atoms with van der Waals surface area (Å²) < 4.78 is 7.51. The number of aromatic nitrogens is 2. The highest BCUT2D eigenvalue weighted by Gasteiger charge is 2.33. The molecule has 24 heavy (non-hydrogen) atoms. The zero-order valence-electron chi connectivity index (χ0n) is 13.8. The van der Waals surface area contributed by atoms with E-state index in [0.29, 0.717) is 12.1 Å². The molecule has 3 atom stereocenters. The quantitative estimate of drug-likeness (QED) is 0.876. The average Bonchev–Trinajstić information content (AvgIpc) is 3.03. The Morgan fingerprint density at radius 3 is 2.88 bits per heavy atom. The number of aryl methyl sites for hydroxylation is 1. The summed E-state index contributed by atoms with van der Waals surface area (Å²) in [5.41, 5.74) is 0.528. The first-order valence-corrected chi connectivity index (χ1v) is 8.30. The highest BCUT2D eigenvalue weighted by molar-refractivity contribution is 5.93. The van der Waals surface area contributed by atoms with Crippen LogP contribution in [0.15, 0.2) is 42.7 Å². The van der Waals surface area contributed by atoms with E-state index in [9.17, 15) is 9.90 Å². The molecule has 2 aromatic rings. The lowest BCUT2D eigenvalue weighted by Crippen LogP contribution is -2.45. The number of amides is 1. The van der Waals surface area contributed by atoms with Crippen LogP contribution in [-0.4, -0.2) is 39.5 Å². The number of ether oxygens (including phenoxy) is 1. The summed E-state index contributed by atoms with van der Waals surface area (Å²) >= 11 is 0. The van der Waals surface area contributed by atoms with E-state index in [-0.39, 0.29) is 17.9 Å². The number of nitrogens with zero attached hydrogens (tertiary/aromatic N) is 2. The van der Waals surface area contributed by atoms with Gasteiger partial charge in [-0.25, -0.2) is 0 Å². The number of benzene rings is 1. The van der Waals surface area contributed by atoms with Crippen molar-refractivity contribution in [1.29, 1.82) is 0 Å². The Balaban J connectivity index is 1.55. The largest absolute Gasteiger partial charge is 0.488 e. The zero-order chi connectivity index (χ0) is 16.9. The van der Waals surface area contributed by atoms with Crippen molar-refractivity contribution in [2.45, 2.75) is 31.5 Å². The van der Waals surface area contributed by atoms with Gasteiger partial charge in [-0.1, -0.05) is 18.2 Å². The molecule has 0 aliphatic heterocycles. The van der Waals surface area contributed by atoms with Gasteiger partial charge in [0.15, 0.2) is 0 Å². The van der Waals surface area contributed by atoms with E-state index in [1.807, 2.05) is 30.3 Å². The Morgan fingerprint density at radius 1 is 1.38 bits per heavy atom. The first-order valence-electron chi connectivity index (χ1n) is 8.30. The number of nitrogens with one attached hydrogen (secondary N) is 1. The molecule has 1 amide bonds. The second kappa shape index (κ2) is 7.49. The van der Waals surface area contributed by atoms with Gasteiger partial charge in [0.2, 0.25) is 0 Å². The molecule has 2 N–H and O–H groups in total. The molecule has 1 aromatic heterocycles. The van der Waals surface area contributed by atoms with E-state index in [2.05, 4.69) is 10.4 Å². The Hall–Kier alpha value is -2.34. The van der Waals surface area contributed by atoms with Gasteiger partial charge in [-0.3, -0.25) is 9.48 Å². The molecule has 1 aromatic carbocycles. The monoisotopic (exact) mass is 329 g/mol. The van der Waals surface area contributed by atoms with Gasteiger partial charge in [0, 0.05) is 25.7 Å². The van der Waals surface area contributed by atoms with Crippen molar-refractivity contribution in [2.24, 2.45) is 13.0 Å². The third-order valence-electron chi connectivity index (χ3n) is 4.45. The molecule has 1 aliphatic carbocycles. The SMILES string of the molecule is Cn1cc(C(=O)NC[C@H]2CCC[C@@H](Oc3ccccc3)[C@@H]2O)cn1. The molecule has 1 saturated carbocycles. The molecule has 0 radical (unpaired) electrons. The third kappa shape index (κ3) is 3.94. The molecule has 0 unspecified atom stereocenters. The second-order valence-electron chi connectivity index (χ2n) is 6.26. The Morgan fingerprint density at radius 2 is 2.17 bits per heavy atom. The van der Waals surface area contributed by atoms with Crippen LogP contribution in [0.1, 0.15) is 29.6 Å². The summed E-state index contributed by atoms with van der Waals surface area (Å²) in [6.45, 7) is 0.434. The van der Waals surface area contributed by atoms with Crippen molar-refractivity contribution < 1.29 is 14.6 Å². The van der Waals surface area contributed by atoms with Crippen LogP contribution < -0.4 is 10.1 Å². The lowest BCUT2D eigenvalue weighted by Gasteiger charge is -2.35. The third-order valence-corrected chi connectivity index (χ3v) is 4.45. The van der Waals surface area contributed by atoms with Crippen LogP contribution >= 0.6 is 0 Å². The van der Waals surface area contributed by atoms with E-state index in [1.165, 1.54) is 6.20 Å². The number of rotatable bonds is 5. The molecule has 1 fully saturated rings. The van der Waals surface area contributed by atoms with E-state index in [4.69, 9.17) is 4.74 Å². The van der Waals surface area contributed by atoms with Crippen molar-refractivity contribution in [3.05, 3.63) is 48.3 Å². The fourth-order valence-electron chi connectivity index (χ4n) is 3.12. The predicted molar refractivity (Wildman–Crippen MR) is 89.7 cm³/mol. The first kappa shape index (κ1) is 16.5. The molecule has 3 rings (SSSR count). The second-order valence-corrected chi connectivity index (χ2v) is 6.26. The van der Waals surface area contributed by atoms with Crippen LogP contribution in [-0.2, 0) is 7.05 Å². The zero-order valence-corrected chi connectivity index (χ0v) is 13.8. The smallest absolute Gasteiger partial charge is 0.254 e. The van der Waals surface area contributed by atoms with Gasteiger partial charge in [-0.15, -0.1) is 0 Å². The van der Waals surface area contributed by atoms with Crippen molar-refractivity contribution in [2.75, 3.05) is 6.54 Å². The van der Waals surface area contributed by atoms with Gasteiger partial charge in [-0.2, -0.15) is 5.10 Å². The summed E-state index contributed by atoms with van der Waals surface area (Å²) in [6, 6.07) is 9.54.